The number of carboxylic acids is 1. The number of aryl methyl sites for hydroxylation is 1. The number of nitrogens with one attached hydrogen (secondary N) is 1. The van der Waals surface area contributed by atoms with Gasteiger partial charge in [-0.1, -0.05) is 29.8 Å². The van der Waals surface area contributed by atoms with Crippen molar-refractivity contribution in [1.82, 2.24) is 19.6 Å². The van der Waals surface area contributed by atoms with Gasteiger partial charge in [-0.25, -0.2) is 0 Å². The highest BCUT2D eigenvalue weighted by atomic mass is 79.9. The number of anilines is 1. The van der Waals surface area contributed by atoms with Gasteiger partial charge in [-0.3, -0.25) is 19.0 Å². The van der Waals surface area contributed by atoms with Crippen molar-refractivity contribution in [3.8, 4) is 0 Å². The van der Waals surface area contributed by atoms with Gasteiger partial charge in [0.2, 0.25) is 0 Å². The summed E-state index contributed by atoms with van der Waals surface area (Å²) >= 11 is 3.38. The summed E-state index contributed by atoms with van der Waals surface area (Å²) in [4.78, 5) is 23.0. The molecule has 0 unspecified atom stereocenters. The molecule has 26 heavy (non-hydrogen) atoms. The molecule has 0 saturated carbocycles. The molecule has 2 aromatic heterocycles. The molecule has 1 aromatic carbocycles. The van der Waals surface area contributed by atoms with Crippen LogP contribution in [0.4, 0.5) is 5.82 Å². The SMILES string of the molecule is Cc1cccc(Cn2cc(Br)c(NC(=O)c3ccn(CC(=O)O)n3)n2)c1. The summed E-state index contributed by atoms with van der Waals surface area (Å²) in [5.74, 6) is -1.12. The van der Waals surface area contributed by atoms with E-state index in [1.54, 1.807) is 10.9 Å². The smallest absolute Gasteiger partial charge is 0.325 e. The Morgan fingerprint density at radius 2 is 2.04 bits per heavy atom. The maximum Gasteiger partial charge on any atom is 0.325 e. The van der Waals surface area contributed by atoms with E-state index in [4.69, 9.17) is 5.11 Å². The van der Waals surface area contributed by atoms with Crippen LogP contribution in [0.3, 0.4) is 0 Å². The highest BCUT2D eigenvalue weighted by molar-refractivity contribution is 9.10. The Labute approximate surface area is 157 Å². The lowest BCUT2D eigenvalue weighted by atomic mass is 10.1. The van der Waals surface area contributed by atoms with Gasteiger partial charge in [-0.15, -0.1) is 0 Å². The number of nitrogens with zero attached hydrogens (tertiary/aromatic N) is 4. The van der Waals surface area contributed by atoms with Crippen LogP contribution >= 0.6 is 15.9 Å². The number of rotatable bonds is 6. The lowest BCUT2D eigenvalue weighted by Gasteiger charge is -2.03. The van der Waals surface area contributed by atoms with Crippen LogP contribution in [-0.2, 0) is 17.9 Å². The Bertz CT molecular complexity index is 963. The number of carboxylic acid groups (broad SMARTS) is 1. The first-order valence-corrected chi connectivity index (χ1v) is 8.55. The van der Waals surface area contributed by atoms with Gasteiger partial charge in [0.05, 0.1) is 11.0 Å². The summed E-state index contributed by atoms with van der Waals surface area (Å²) in [6.45, 7) is 2.29. The summed E-state index contributed by atoms with van der Waals surface area (Å²) < 4.78 is 3.55. The van der Waals surface area contributed by atoms with Gasteiger partial charge < -0.3 is 10.4 Å². The number of aromatic nitrogens is 4. The first-order chi connectivity index (χ1) is 12.4. The molecule has 0 bridgehead atoms. The maximum absolute atomic E-state index is 12.3. The molecule has 3 rings (SSSR count). The monoisotopic (exact) mass is 417 g/mol. The number of benzene rings is 1. The second-order valence-corrected chi connectivity index (χ2v) is 6.61. The molecule has 0 aliphatic carbocycles. The zero-order valence-electron chi connectivity index (χ0n) is 13.9. The molecule has 0 spiro atoms. The van der Waals surface area contributed by atoms with Crippen molar-refractivity contribution >= 4 is 33.6 Å². The summed E-state index contributed by atoms with van der Waals surface area (Å²) in [5.41, 5.74) is 2.39. The van der Waals surface area contributed by atoms with Gasteiger partial charge in [0, 0.05) is 12.4 Å². The van der Waals surface area contributed by atoms with Crippen LogP contribution in [0, 0.1) is 6.92 Å². The molecule has 0 atom stereocenters. The normalized spacial score (nSPS) is 10.7. The minimum atomic E-state index is -1.03. The van der Waals surface area contributed by atoms with Crippen molar-refractivity contribution in [2.75, 3.05) is 5.32 Å². The topological polar surface area (TPSA) is 102 Å². The van der Waals surface area contributed by atoms with E-state index in [2.05, 4.69) is 37.5 Å². The van der Waals surface area contributed by atoms with Crippen LogP contribution in [0.1, 0.15) is 21.6 Å². The van der Waals surface area contributed by atoms with Gasteiger partial charge in [-0.2, -0.15) is 10.2 Å². The van der Waals surface area contributed by atoms with E-state index in [0.717, 1.165) is 5.56 Å². The molecule has 9 heteroatoms. The van der Waals surface area contributed by atoms with Crippen molar-refractivity contribution in [1.29, 1.82) is 0 Å². The average Bonchev–Trinajstić information content (AvgIpc) is 3.14. The Hall–Kier alpha value is -2.94. The summed E-state index contributed by atoms with van der Waals surface area (Å²) in [7, 11) is 0. The Balaban J connectivity index is 1.70. The fourth-order valence-corrected chi connectivity index (χ4v) is 2.86. The zero-order valence-corrected chi connectivity index (χ0v) is 15.5. The number of carbonyl (C=O) groups excluding carboxylic acids is 1. The van der Waals surface area contributed by atoms with E-state index >= 15 is 0 Å². The van der Waals surface area contributed by atoms with Crippen molar-refractivity contribution in [3.05, 3.63) is 64.0 Å². The lowest BCUT2D eigenvalue weighted by Crippen LogP contribution is -2.15. The van der Waals surface area contributed by atoms with Crippen molar-refractivity contribution in [2.24, 2.45) is 0 Å². The number of halogens is 1. The number of hydrogen-bond donors (Lipinski definition) is 2. The zero-order chi connectivity index (χ0) is 18.7. The predicted octanol–water partition coefficient (Wildman–Crippen LogP) is 2.54. The standard InChI is InChI=1S/C17H16BrN5O3/c1-11-3-2-4-12(7-11)8-23-9-13(18)16(21-23)19-17(26)14-5-6-22(20-14)10-15(24)25/h2-7,9H,8,10H2,1H3,(H,24,25)(H,19,21,26). The Kier molecular flexibility index (Phi) is 5.17. The molecule has 8 nitrogen and oxygen atoms in total. The molecular weight excluding hydrogens is 402 g/mol. The summed E-state index contributed by atoms with van der Waals surface area (Å²) in [5, 5.41) is 19.7. The molecule has 0 saturated heterocycles. The quantitative estimate of drug-likeness (QED) is 0.641. The first kappa shape index (κ1) is 17.9. The third kappa shape index (κ3) is 4.37. The lowest BCUT2D eigenvalue weighted by molar-refractivity contribution is -0.137. The number of carbonyl (C=O) groups is 2. The van der Waals surface area contributed by atoms with E-state index in [0.29, 0.717) is 16.8 Å². The third-order valence-electron chi connectivity index (χ3n) is 3.55. The van der Waals surface area contributed by atoms with Crippen LogP contribution in [-0.4, -0.2) is 36.5 Å². The fourth-order valence-electron chi connectivity index (χ4n) is 2.44. The second kappa shape index (κ2) is 7.52. The molecule has 134 valence electrons. The average molecular weight is 418 g/mol. The summed E-state index contributed by atoms with van der Waals surface area (Å²) in [6.07, 6.45) is 3.22. The highest BCUT2D eigenvalue weighted by Gasteiger charge is 2.15. The molecule has 1 amide bonds. The largest absolute Gasteiger partial charge is 0.480 e. The van der Waals surface area contributed by atoms with Crippen LogP contribution in [0.15, 0.2) is 47.2 Å². The van der Waals surface area contributed by atoms with Gasteiger partial charge >= 0.3 is 5.97 Å². The minimum absolute atomic E-state index is 0.117. The Morgan fingerprint density at radius 3 is 2.77 bits per heavy atom. The van der Waals surface area contributed by atoms with E-state index in [1.165, 1.54) is 22.5 Å². The predicted molar refractivity (Wildman–Crippen MR) is 98.0 cm³/mol. The second-order valence-electron chi connectivity index (χ2n) is 5.76. The molecule has 3 aromatic rings. The maximum atomic E-state index is 12.3. The molecule has 0 aliphatic heterocycles. The van der Waals surface area contributed by atoms with Gasteiger partial charge in [-0.05, 0) is 34.5 Å². The summed E-state index contributed by atoms with van der Waals surface area (Å²) in [6, 6.07) is 9.55. The molecule has 2 N–H and O–H groups in total. The van der Waals surface area contributed by atoms with Crippen LogP contribution < -0.4 is 5.32 Å². The van der Waals surface area contributed by atoms with E-state index in [9.17, 15) is 9.59 Å². The van der Waals surface area contributed by atoms with Crippen LogP contribution in [0.5, 0.6) is 0 Å². The van der Waals surface area contributed by atoms with E-state index in [-0.39, 0.29) is 12.2 Å². The van der Waals surface area contributed by atoms with Crippen molar-refractivity contribution in [2.45, 2.75) is 20.0 Å². The third-order valence-corrected chi connectivity index (χ3v) is 4.13. The van der Waals surface area contributed by atoms with Crippen LogP contribution in [0.2, 0.25) is 0 Å². The van der Waals surface area contributed by atoms with Crippen LogP contribution in [0.25, 0.3) is 0 Å². The van der Waals surface area contributed by atoms with Gasteiger partial charge in [0.15, 0.2) is 11.5 Å². The molecule has 2 heterocycles. The molecule has 0 aliphatic rings. The van der Waals surface area contributed by atoms with Crippen molar-refractivity contribution < 1.29 is 14.7 Å². The molecular formula is C17H16BrN5O3. The number of amides is 1. The molecule has 0 radical (unpaired) electrons. The first-order valence-electron chi connectivity index (χ1n) is 7.76. The van der Waals surface area contributed by atoms with E-state index in [1.807, 2.05) is 25.1 Å². The number of aliphatic carboxylic acids is 1. The number of hydrogen-bond acceptors (Lipinski definition) is 4. The minimum Gasteiger partial charge on any atom is -0.480 e. The highest BCUT2D eigenvalue weighted by Crippen LogP contribution is 2.21. The molecule has 0 fully saturated rings. The van der Waals surface area contributed by atoms with E-state index < -0.39 is 11.9 Å². The fraction of sp³-hybridized carbons (Fsp3) is 0.176. The van der Waals surface area contributed by atoms with Gasteiger partial charge in [0.25, 0.3) is 5.91 Å². The van der Waals surface area contributed by atoms with Crippen molar-refractivity contribution in [3.63, 3.8) is 0 Å². The Morgan fingerprint density at radius 1 is 1.23 bits per heavy atom. The van der Waals surface area contributed by atoms with Gasteiger partial charge in [0.1, 0.15) is 6.54 Å².